The molecule has 4 N–H and O–H groups in total. The van der Waals surface area contributed by atoms with Gasteiger partial charge in [-0.25, -0.2) is 22.9 Å². The molecule has 12 nitrogen and oxygen atoms in total. The van der Waals surface area contributed by atoms with Crippen molar-refractivity contribution in [1.82, 2.24) is 34.4 Å². The van der Waals surface area contributed by atoms with Crippen molar-refractivity contribution in [3.05, 3.63) is 66.6 Å². The van der Waals surface area contributed by atoms with E-state index in [4.69, 9.17) is 15.2 Å². The Morgan fingerprint density at radius 1 is 1.02 bits per heavy atom. The van der Waals surface area contributed by atoms with Gasteiger partial charge in [0, 0.05) is 44.0 Å². The topological polar surface area (TPSA) is 144 Å². The third kappa shape index (κ3) is 6.03. The maximum atomic E-state index is 12.3. The van der Waals surface area contributed by atoms with Crippen LogP contribution in [-0.2, 0) is 16.6 Å². The molecule has 41 heavy (non-hydrogen) atoms. The Morgan fingerprint density at radius 2 is 1.83 bits per heavy atom. The van der Waals surface area contributed by atoms with Crippen LogP contribution in [0.25, 0.3) is 27.8 Å². The van der Waals surface area contributed by atoms with E-state index in [9.17, 15) is 8.42 Å². The molecule has 1 saturated heterocycles. The number of imidazole rings is 1. The Morgan fingerprint density at radius 3 is 2.63 bits per heavy atom. The zero-order valence-electron chi connectivity index (χ0n) is 22.8. The number of hydrogen-bond acceptors (Lipinski definition) is 9. The number of rotatable bonds is 10. The monoisotopic (exact) mass is 575 g/mol. The van der Waals surface area contributed by atoms with Crippen molar-refractivity contribution in [3.8, 4) is 11.3 Å². The van der Waals surface area contributed by atoms with Crippen LogP contribution >= 0.6 is 0 Å². The van der Waals surface area contributed by atoms with Gasteiger partial charge in [0.25, 0.3) is 0 Å². The first-order valence-corrected chi connectivity index (χ1v) is 15.3. The molecule has 4 heterocycles. The maximum absolute atomic E-state index is 12.3. The van der Waals surface area contributed by atoms with Gasteiger partial charge >= 0.3 is 0 Å². The zero-order valence-corrected chi connectivity index (χ0v) is 23.6. The Balaban J connectivity index is 1.21. The molecule has 1 aliphatic heterocycles. The Hall–Kier alpha value is -4.04. The minimum atomic E-state index is -3.44. The first kappa shape index (κ1) is 27.1. The summed E-state index contributed by atoms with van der Waals surface area (Å²) in [5.74, 6) is 1.30. The van der Waals surface area contributed by atoms with E-state index in [1.165, 1.54) is 0 Å². The van der Waals surface area contributed by atoms with Crippen molar-refractivity contribution >= 4 is 43.9 Å². The number of aliphatic hydroxyl groups excluding tert-OH is 1. The van der Waals surface area contributed by atoms with Crippen molar-refractivity contribution in [2.75, 3.05) is 55.1 Å². The average molecular weight is 576 g/mol. The molecular weight excluding hydrogens is 542 g/mol. The van der Waals surface area contributed by atoms with Gasteiger partial charge in [0.05, 0.1) is 53.0 Å². The Bertz CT molecular complexity index is 1780. The van der Waals surface area contributed by atoms with E-state index < -0.39 is 10.0 Å². The summed E-state index contributed by atoms with van der Waals surface area (Å²) in [5, 5.41) is 17.2. The first-order valence-electron chi connectivity index (χ1n) is 13.7. The molecule has 0 aliphatic carbocycles. The number of β-amino-alcohol motifs (C(OH)–C–C–N with tert-alkyl or cyclic N) is 1. The van der Waals surface area contributed by atoms with E-state index >= 15 is 0 Å². The summed E-state index contributed by atoms with van der Waals surface area (Å²) in [5.41, 5.74) is 5.36. The molecule has 6 rings (SSSR count). The highest BCUT2D eigenvalue weighted by atomic mass is 32.2. The van der Waals surface area contributed by atoms with Gasteiger partial charge in [-0.1, -0.05) is 18.2 Å². The number of nitrogens with zero attached hydrogens (tertiary/aromatic N) is 6. The van der Waals surface area contributed by atoms with Gasteiger partial charge in [-0.15, -0.1) is 5.10 Å². The average Bonchev–Trinajstić information content (AvgIpc) is 3.57. The lowest BCUT2D eigenvalue weighted by Gasteiger charge is -2.33. The van der Waals surface area contributed by atoms with E-state index in [1.54, 1.807) is 29.8 Å². The van der Waals surface area contributed by atoms with Gasteiger partial charge in [0.15, 0.2) is 0 Å². The maximum Gasteiger partial charge on any atom is 0.245 e. The van der Waals surface area contributed by atoms with Crippen molar-refractivity contribution < 1.29 is 13.5 Å². The van der Waals surface area contributed by atoms with Crippen LogP contribution in [0.4, 0.5) is 17.3 Å². The molecule has 0 amide bonds. The summed E-state index contributed by atoms with van der Waals surface area (Å²) in [7, 11) is -3.44. The van der Waals surface area contributed by atoms with E-state index in [-0.39, 0.29) is 12.4 Å². The summed E-state index contributed by atoms with van der Waals surface area (Å²) < 4.78 is 29.0. The lowest BCUT2D eigenvalue weighted by Crippen LogP contribution is -2.46. The molecule has 0 bridgehead atoms. The number of piperazine rings is 1. The normalized spacial score (nSPS) is 15.1. The SMILES string of the molecule is CCS(=O)(=O)Nc1ccccc1-c1ccc2cnc(Nc3ccc4nc(CN5CCN(CCO)CC5)[nH]c4c3)nn12. The number of fused-ring (bicyclic) bond motifs is 2. The van der Waals surface area contributed by atoms with Gasteiger partial charge in [0.1, 0.15) is 5.82 Å². The molecule has 13 heteroatoms. The molecule has 0 spiro atoms. The van der Waals surface area contributed by atoms with Crippen molar-refractivity contribution in [2.45, 2.75) is 13.5 Å². The van der Waals surface area contributed by atoms with Crippen molar-refractivity contribution in [1.29, 1.82) is 0 Å². The molecule has 0 radical (unpaired) electrons. The van der Waals surface area contributed by atoms with Crippen LogP contribution in [0.5, 0.6) is 0 Å². The number of sulfonamides is 1. The summed E-state index contributed by atoms with van der Waals surface area (Å²) in [4.78, 5) is 17.3. The van der Waals surface area contributed by atoms with Crippen LogP contribution in [0.15, 0.2) is 60.8 Å². The number of aromatic nitrogens is 5. The first-order chi connectivity index (χ1) is 19.9. The fraction of sp³-hybridized carbons (Fsp3) is 0.321. The van der Waals surface area contributed by atoms with Gasteiger partial charge in [-0.05, 0) is 43.3 Å². The number of nitrogens with one attached hydrogen (secondary N) is 3. The Kier molecular flexibility index (Phi) is 7.58. The van der Waals surface area contributed by atoms with Crippen LogP contribution in [-0.4, -0.2) is 93.0 Å². The summed E-state index contributed by atoms with van der Waals surface area (Å²) >= 11 is 0. The number of aromatic amines is 1. The molecule has 214 valence electrons. The van der Waals surface area contributed by atoms with Crippen molar-refractivity contribution in [3.63, 3.8) is 0 Å². The third-order valence-electron chi connectivity index (χ3n) is 7.29. The molecule has 0 saturated carbocycles. The van der Waals surface area contributed by atoms with Crippen LogP contribution in [0.2, 0.25) is 0 Å². The lowest BCUT2D eigenvalue weighted by molar-refractivity contribution is 0.107. The second-order valence-corrected chi connectivity index (χ2v) is 12.1. The highest BCUT2D eigenvalue weighted by Gasteiger charge is 2.18. The molecule has 0 unspecified atom stereocenters. The number of benzene rings is 2. The van der Waals surface area contributed by atoms with Gasteiger partial charge in [-0.3, -0.25) is 14.5 Å². The predicted molar refractivity (Wildman–Crippen MR) is 160 cm³/mol. The second-order valence-electron chi connectivity index (χ2n) is 10.1. The largest absolute Gasteiger partial charge is 0.395 e. The number of H-pyrrole nitrogens is 1. The number of aliphatic hydroxyl groups is 1. The molecular formula is C28H33N9O3S. The second kappa shape index (κ2) is 11.4. The fourth-order valence-electron chi connectivity index (χ4n) is 5.07. The minimum absolute atomic E-state index is 0.0168. The molecule has 0 atom stereocenters. The molecule has 1 fully saturated rings. The number of para-hydroxylation sites is 1. The van der Waals surface area contributed by atoms with Crippen molar-refractivity contribution in [2.24, 2.45) is 0 Å². The highest BCUT2D eigenvalue weighted by molar-refractivity contribution is 7.92. The van der Waals surface area contributed by atoms with E-state index in [2.05, 4.69) is 29.8 Å². The standard InChI is InChI=1S/C28H33N9O3S/c1-2-41(39,40)34-23-6-4-3-5-22(23)26-10-8-21-18-29-28(33-37(21)26)30-20-7-9-24-25(17-20)32-27(31-24)19-36-13-11-35(12-14-36)15-16-38/h3-10,17-18,34,38H,2,11-16,19H2,1H3,(H,30,33)(H,31,32). The zero-order chi connectivity index (χ0) is 28.4. The van der Waals surface area contributed by atoms with Crippen LogP contribution < -0.4 is 10.0 Å². The minimum Gasteiger partial charge on any atom is -0.395 e. The Labute approximate surface area is 238 Å². The van der Waals surface area contributed by atoms with Crippen LogP contribution in [0, 0.1) is 0 Å². The van der Waals surface area contributed by atoms with Crippen LogP contribution in [0.3, 0.4) is 0 Å². The van der Waals surface area contributed by atoms with Gasteiger partial charge in [0.2, 0.25) is 16.0 Å². The summed E-state index contributed by atoms with van der Waals surface area (Å²) in [6.45, 7) is 7.06. The molecule has 3 aromatic heterocycles. The predicted octanol–water partition coefficient (Wildman–Crippen LogP) is 2.89. The van der Waals surface area contributed by atoms with E-state index in [0.29, 0.717) is 11.6 Å². The molecule has 5 aromatic rings. The quantitative estimate of drug-likeness (QED) is 0.198. The van der Waals surface area contributed by atoms with Gasteiger partial charge in [-0.2, -0.15) is 0 Å². The summed E-state index contributed by atoms with van der Waals surface area (Å²) in [6, 6.07) is 17.0. The molecule has 1 aliphatic rings. The van der Waals surface area contributed by atoms with E-state index in [0.717, 1.165) is 78.6 Å². The van der Waals surface area contributed by atoms with E-state index in [1.807, 2.05) is 42.5 Å². The number of anilines is 3. The van der Waals surface area contributed by atoms with Crippen LogP contribution in [0.1, 0.15) is 12.7 Å². The lowest BCUT2D eigenvalue weighted by atomic mass is 10.1. The summed E-state index contributed by atoms with van der Waals surface area (Å²) in [6.07, 6.45) is 1.73. The van der Waals surface area contributed by atoms with Gasteiger partial charge < -0.3 is 15.4 Å². The molecule has 2 aromatic carbocycles. The third-order valence-corrected chi connectivity index (χ3v) is 8.58. The smallest absolute Gasteiger partial charge is 0.245 e. The fourth-order valence-corrected chi connectivity index (χ4v) is 5.72. The number of hydrogen-bond donors (Lipinski definition) is 4. The highest BCUT2D eigenvalue weighted by Crippen LogP contribution is 2.30.